The number of phenols is 1. The van der Waals surface area contributed by atoms with E-state index in [4.69, 9.17) is 16.7 Å². The van der Waals surface area contributed by atoms with Gasteiger partial charge in [0.05, 0.1) is 6.54 Å². The van der Waals surface area contributed by atoms with Crippen molar-refractivity contribution in [3.8, 4) is 5.75 Å². The number of nitrogens with one attached hydrogen (secondary N) is 2. The third-order valence-corrected chi connectivity index (χ3v) is 5.07. The first kappa shape index (κ1) is 19.7. The zero-order valence-corrected chi connectivity index (χ0v) is 16.3. The quantitative estimate of drug-likeness (QED) is 0.443. The highest BCUT2D eigenvalue weighted by Crippen LogP contribution is 2.24. The summed E-state index contributed by atoms with van der Waals surface area (Å²) in [6.45, 7) is 2.45. The highest BCUT2D eigenvalue weighted by molar-refractivity contribution is 7.15. The second-order valence-electron chi connectivity index (χ2n) is 5.95. The largest absolute Gasteiger partial charge is 0.507 e. The number of anilines is 2. The Morgan fingerprint density at radius 3 is 2.64 bits per heavy atom. The number of benzene rings is 2. The molecular weight excluding hydrogens is 402 g/mol. The predicted octanol–water partition coefficient (Wildman–Crippen LogP) is 4.37. The van der Waals surface area contributed by atoms with Gasteiger partial charge in [0.25, 0.3) is 5.91 Å². The molecule has 1 heterocycles. The van der Waals surface area contributed by atoms with Crippen LogP contribution in [0.4, 0.5) is 11.4 Å². The van der Waals surface area contributed by atoms with Crippen LogP contribution in [0.3, 0.4) is 0 Å². The maximum Gasteiger partial charge on any atom is 0.339 e. The number of hydrogen-bond donors (Lipinski definition) is 4. The third kappa shape index (κ3) is 4.59. The Kier molecular flexibility index (Phi) is 5.81. The van der Waals surface area contributed by atoms with Gasteiger partial charge >= 0.3 is 5.97 Å². The van der Waals surface area contributed by atoms with Gasteiger partial charge in [-0.2, -0.15) is 0 Å². The van der Waals surface area contributed by atoms with Crippen molar-refractivity contribution < 1.29 is 19.8 Å². The molecule has 0 aliphatic carbocycles. The maximum atomic E-state index is 12.5. The third-order valence-electron chi connectivity index (χ3n) is 3.95. The van der Waals surface area contributed by atoms with E-state index < -0.39 is 5.97 Å². The van der Waals surface area contributed by atoms with Crippen molar-refractivity contribution in [2.45, 2.75) is 13.5 Å². The van der Waals surface area contributed by atoms with Crippen LogP contribution in [0, 0.1) is 6.92 Å². The molecule has 0 radical (unpaired) electrons. The van der Waals surface area contributed by atoms with Crippen molar-refractivity contribution in [2.75, 3.05) is 10.6 Å². The van der Waals surface area contributed by atoms with Crippen molar-refractivity contribution in [1.82, 2.24) is 4.98 Å². The molecule has 0 saturated heterocycles. The Hall–Kier alpha value is -3.10. The van der Waals surface area contributed by atoms with Gasteiger partial charge in [-0.05, 0) is 48.9 Å². The Morgan fingerprint density at radius 1 is 1.21 bits per heavy atom. The van der Waals surface area contributed by atoms with Gasteiger partial charge in [0.15, 0.2) is 4.47 Å². The zero-order valence-electron chi connectivity index (χ0n) is 14.7. The fourth-order valence-corrected chi connectivity index (χ4v) is 3.46. The van der Waals surface area contributed by atoms with E-state index in [0.29, 0.717) is 16.6 Å². The average molecular weight is 418 g/mol. The number of amides is 1. The number of carboxylic acids is 1. The van der Waals surface area contributed by atoms with Gasteiger partial charge in [-0.25, -0.2) is 9.78 Å². The number of carbonyl (C=O) groups is 2. The highest BCUT2D eigenvalue weighted by atomic mass is 35.5. The molecule has 0 aliphatic heterocycles. The fourth-order valence-electron chi connectivity index (χ4n) is 2.54. The number of halogens is 1. The van der Waals surface area contributed by atoms with E-state index in [1.54, 1.807) is 24.4 Å². The molecule has 0 spiro atoms. The highest BCUT2D eigenvalue weighted by Gasteiger charge is 2.13. The van der Waals surface area contributed by atoms with Gasteiger partial charge in [-0.3, -0.25) is 4.79 Å². The number of aryl methyl sites for hydroxylation is 1. The molecule has 0 aliphatic rings. The molecule has 3 rings (SSSR count). The molecule has 3 aromatic rings. The van der Waals surface area contributed by atoms with E-state index in [0.717, 1.165) is 16.1 Å². The van der Waals surface area contributed by atoms with Crippen molar-refractivity contribution in [2.24, 2.45) is 0 Å². The average Bonchev–Trinajstić information content (AvgIpc) is 3.07. The monoisotopic (exact) mass is 417 g/mol. The Labute approximate surface area is 169 Å². The number of aromatic hydroxyl groups is 1. The lowest BCUT2D eigenvalue weighted by Gasteiger charge is -2.11. The number of carboxylic acid groups (broad SMARTS) is 1. The molecule has 1 aromatic heterocycles. The number of thiazole rings is 1. The predicted molar refractivity (Wildman–Crippen MR) is 109 cm³/mol. The normalized spacial score (nSPS) is 10.5. The summed E-state index contributed by atoms with van der Waals surface area (Å²) in [6, 6.07) is 9.06. The van der Waals surface area contributed by atoms with Crippen LogP contribution < -0.4 is 10.6 Å². The molecule has 0 unspecified atom stereocenters. The van der Waals surface area contributed by atoms with E-state index >= 15 is 0 Å². The van der Waals surface area contributed by atoms with Crippen molar-refractivity contribution >= 4 is 46.2 Å². The van der Waals surface area contributed by atoms with E-state index in [2.05, 4.69) is 15.6 Å². The van der Waals surface area contributed by atoms with Gasteiger partial charge in [0.2, 0.25) is 0 Å². The number of nitrogens with zero attached hydrogens (tertiary/aromatic N) is 1. The molecule has 1 amide bonds. The maximum absolute atomic E-state index is 12.5. The summed E-state index contributed by atoms with van der Waals surface area (Å²) in [5.41, 5.74) is 2.17. The van der Waals surface area contributed by atoms with Gasteiger partial charge in [0.1, 0.15) is 11.3 Å². The smallest absolute Gasteiger partial charge is 0.339 e. The van der Waals surface area contributed by atoms with Crippen LogP contribution in [0.2, 0.25) is 4.47 Å². The Bertz CT molecular complexity index is 1050. The van der Waals surface area contributed by atoms with Crippen LogP contribution in [0.25, 0.3) is 0 Å². The van der Waals surface area contributed by atoms with Crippen LogP contribution in [0.5, 0.6) is 5.75 Å². The summed E-state index contributed by atoms with van der Waals surface area (Å²) < 4.78 is 0.487. The van der Waals surface area contributed by atoms with Gasteiger partial charge in [-0.15, -0.1) is 11.3 Å². The van der Waals surface area contributed by atoms with Crippen LogP contribution in [-0.4, -0.2) is 27.1 Å². The molecule has 0 saturated carbocycles. The second-order valence-corrected chi connectivity index (χ2v) is 7.65. The van der Waals surface area contributed by atoms with Gasteiger partial charge in [-0.1, -0.05) is 11.6 Å². The van der Waals surface area contributed by atoms with E-state index in [-0.39, 0.29) is 22.9 Å². The van der Waals surface area contributed by atoms with Crippen LogP contribution >= 0.6 is 22.9 Å². The molecule has 9 heteroatoms. The summed E-state index contributed by atoms with van der Waals surface area (Å²) in [4.78, 5) is 28.5. The summed E-state index contributed by atoms with van der Waals surface area (Å²) >= 11 is 7.21. The molecule has 28 heavy (non-hydrogen) atoms. The van der Waals surface area contributed by atoms with Crippen LogP contribution in [0.1, 0.15) is 31.2 Å². The van der Waals surface area contributed by atoms with Crippen LogP contribution in [-0.2, 0) is 6.54 Å². The van der Waals surface area contributed by atoms with E-state index in [1.165, 1.54) is 29.5 Å². The molecule has 0 fully saturated rings. The Morgan fingerprint density at radius 2 is 2.00 bits per heavy atom. The first-order valence-electron chi connectivity index (χ1n) is 8.16. The minimum absolute atomic E-state index is 0.280. The Balaban J connectivity index is 1.70. The van der Waals surface area contributed by atoms with Crippen molar-refractivity contribution in [3.05, 3.63) is 68.6 Å². The number of carbonyl (C=O) groups excluding carboxylic acids is 1. The van der Waals surface area contributed by atoms with Crippen molar-refractivity contribution in [1.29, 1.82) is 0 Å². The lowest BCUT2D eigenvalue weighted by molar-refractivity contribution is 0.0693. The molecule has 4 N–H and O–H groups in total. The van der Waals surface area contributed by atoms with E-state index in [1.807, 2.05) is 6.92 Å². The van der Waals surface area contributed by atoms with E-state index in [9.17, 15) is 14.7 Å². The fraction of sp³-hybridized carbons (Fsp3) is 0.105. The lowest BCUT2D eigenvalue weighted by atomic mass is 10.1. The lowest BCUT2D eigenvalue weighted by Crippen LogP contribution is -2.13. The minimum atomic E-state index is -1.28. The second kappa shape index (κ2) is 8.28. The molecule has 144 valence electrons. The number of rotatable bonds is 6. The minimum Gasteiger partial charge on any atom is -0.507 e. The van der Waals surface area contributed by atoms with Gasteiger partial charge in [0, 0.05) is 28.0 Å². The molecule has 0 bridgehead atoms. The molecule has 2 aromatic carbocycles. The molecule has 0 atom stereocenters. The molecule has 7 nitrogen and oxygen atoms in total. The number of aromatic nitrogens is 1. The first-order valence-corrected chi connectivity index (χ1v) is 9.35. The standard InChI is InChI=1S/C19H16ClN3O4S/c1-10-6-11(2-4-15(10)21-8-13-9-22-19(20)28-13)17(25)23-12-3-5-16(24)14(7-12)18(26)27/h2-7,9,21,24H,8H2,1H3,(H,23,25)(H,26,27). The molecular formula is C19H16ClN3O4S. The van der Waals surface area contributed by atoms with Gasteiger partial charge < -0.3 is 20.8 Å². The summed E-state index contributed by atoms with van der Waals surface area (Å²) in [7, 11) is 0. The zero-order chi connectivity index (χ0) is 20.3. The van der Waals surface area contributed by atoms with Crippen LogP contribution in [0.15, 0.2) is 42.6 Å². The first-order chi connectivity index (χ1) is 13.3. The SMILES string of the molecule is Cc1cc(C(=O)Nc2ccc(O)c(C(=O)O)c2)ccc1NCc1cnc(Cl)s1. The number of aromatic carboxylic acids is 1. The summed E-state index contributed by atoms with van der Waals surface area (Å²) in [5, 5.41) is 24.5. The summed E-state index contributed by atoms with van der Waals surface area (Å²) in [5.74, 6) is -2.02. The van der Waals surface area contributed by atoms with Crippen molar-refractivity contribution in [3.63, 3.8) is 0 Å². The topological polar surface area (TPSA) is 112 Å². The summed E-state index contributed by atoms with van der Waals surface area (Å²) in [6.07, 6.45) is 1.71. The number of hydrogen-bond acceptors (Lipinski definition) is 6.